The molecular formula is C13H14N2OS. The zero-order valence-corrected chi connectivity index (χ0v) is 10.5. The summed E-state index contributed by atoms with van der Waals surface area (Å²) < 4.78 is 0. The van der Waals surface area contributed by atoms with Gasteiger partial charge in [0.25, 0.3) is 0 Å². The molecule has 88 valence electrons. The lowest BCUT2D eigenvalue weighted by Gasteiger charge is -2.18. The van der Waals surface area contributed by atoms with Gasteiger partial charge in [-0.25, -0.2) is 0 Å². The van der Waals surface area contributed by atoms with Gasteiger partial charge in [0.1, 0.15) is 0 Å². The Kier molecular flexibility index (Phi) is 3.33. The molecule has 1 heterocycles. The number of thioether (sulfide) groups is 1. The topological polar surface area (TPSA) is 44.2 Å². The van der Waals surface area contributed by atoms with Crippen LogP contribution in [0, 0.1) is 5.41 Å². The Morgan fingerprint density at radius 3 is 2.59 bits per heavy atom. The molecule has 2 rings (SSSR count). The van der Waals surface area contributed by atoms with Crippen molar-refractivity contribution in [1.82, 2.24) is 0 Å². The second-order valence-electron chi connectivity index (χ2n) is 3.82. The smallest absolute Gasteiger partial charge is 0.165 e. The number of carbonyl (C=O) groups is 1. The molecule has 0 atom stereocenters. The highest BCUT2D eigenvalue weighted by atomic mass is 32.2. The van der Waals surface area contributed by atoms with Crippen molar-refractivity contribution in [3.05, 3.63) is 42.1 Å². The van der Waals surface area contributed by atoms with Crippen LogP contribution >= 0.6 is 11.8 Å². The number of carbonyl (C=O) groups excluding carboxylic acids is 1. The Hall–Kier alpha value is -1.55. The van der Waals surface area contributed by atoms with Gasteiger partial charge in [0.05, 0.1) is 0 Å². The van der Waals surface area contributed by atoms with E-state index in [1.807, 2.05) is 36.1 Å². The molecule has 0 aromatic heterocycles. The number of nitrogens with zero attached hydrogens (tertiary/aromatic N) is 1. The Labute approximate surface area is 105 Å². The summed E-state index contributed by atoms with van der Waals surface area (Å²) in [6.45, 7) is 5.79. The van der Waals surface area contributed by atoms with Gasteiger partial charge in [0, 0.05) is 29.1 Å². The van der Waals surface area contributed by atoms with Crippen molar-refractivity contribution >= 4 is 28.4 Å². The third-order valence-corrected chi connectivity index (χ3v) is 3.60. The fourth-order valence-corrected chi connectivity index (χ4v) is 2.52. The average Bonchev–Trinajstić information content (AvgIpc) is 2.68. The van der Waals surface area contributed by atoms with Crippen molar-refractivity contribution in [1.29, 1.82) is 5.41 Å². The van der Waals surface area contributed by atoms with Crippen LogP contribution in [0.25, 0.3) is 0 Å². The fourth-order valence-electron chi connectivity index (χ4n) is 1.72. The molecule has 4 heteroatoms. The summed E-state index contributed by atoms with van der Waals surface area (Å²) in [6.07, 6.45) is 0.515. The van der Waals surface area contributed by atoms with Crippen LogP contribution in [0.15, 0.2) is 36.5 Å². The molecule has 0 unspecified atom stereocenters. The second kappa shape index (κ2) is 4.75. The van der Waals surface area contributed by atoms with E-state index in [4.69, 9.17) is 5.41 Å². The van der Waals surface area contributed by atoms with Crippen LogP contribution < -0.4 is 4.90 Å². The molecular weight excluding hydrogens is 232 g/mol. The molecule has 17 heavy (non-hydrogen) atoms. The van der Waals surface area contributed by atoms with Crippen molar-refractivity contribution in [3.63, 3.8) is 0 Å². The van der Waals surface area contributed by atoms with Gasteiger partial charge in [0.15, 0.2) is 11.0 Å². The lowest BCUT2D eigenvalue weighted by molar-refractivity contribution is 0.0988. The van der Waals surface area contributed by atoms with Crippen LogP contribution in [0.5, 0.6) is 0 Å². The number of ketones is 1. The number of hydrogen-bond acceptors (Lipinski definition) is 3. The van der Waals surface area contributed by atoms with Gasteiger partial charge in [-0.2, -0.15) is 0 Å². The largest absolute Gasteiger partial charge is 0.294 e. The van der Waals surface area contributed by atoms with Crippen molar-refractivity contribution in [2.24, 2.45) is 0 Å². The number of nitrogens with one attached hydrogen (secondary N) is 1. The minimum absolute atomic E-state index is 0.140. The molecule has 1 aromatic carbocycles. The zero-order valence-electron chi connectivity index (χ0n) is 9.69. The van der Waals surface area contributed by atoms with E-state index in [0.717, 1.165) is 22.7 Å². The van der Waals surface area contributed by atoms with Crippen LogP contribution in [0.1, 0.15) is 23.7 Å². The molecule has 0 amide bonds. The molecule has 0 saturated carbocycles. The fraction of sp³-hybridized carbons (Fsp3) is 0.231. The molecule has 0 bridgehead atoms. The quantitative estimate of drug-likeness (QED) is 0.832. The monoisotopic (exact) mass is 246 g/mol. The van der Waals surface area contributed by atoms with Crippen LogP contribution in [0.4, 0.5) is 5.69 Å². The van der Waals surface area contributed by atoms with Crippen LogP contribution in [0.2, 0.25) is 0 Å². The van der Waals surface area contributed by atoms with Gasteiger partial charge < -0.3 is 0 Å². The minimum atomic E-state index is 0.140. The predicted molar refractivity (Wildman–Crippen MR) is 72.9 cm³/mol. The zero-order chi connectivity index (χ0) is 12.4. The first-order valence-corrected chi connectivity index (χ1v) is 6.44. The van der Waals surface area contributed by atoms with Gasteiger partial charge in [-0.15, -0.1) is 0 Å². The van der Waals surface area contributed by atoms with E-state index in [9.17, 15) is 4.79 Å². The van der Waals surface area contributed by atoms with Crippen molar-refractivity contribution in [3.8, 4) is 0 Å². The highest BCUT2D eigenvalue weighted by Gasteiger charge is 2.23. The summed E-state index contributed by atoms with van der Waals surface area (Å²) in [7, 11) is 0. The van der Waals surface area contributed by atoms with E-state index in [1.54, 1.807) is 0 Å². The van der Waals surface area contributed by atoms with E-state index in [2.05, 4.69) is 6.58 Å². The van der Waals surface area contributed by atoms with E-state index in [0.29, 0.717) is 11.6 Å². The van der Waals surface area contributed by atoms with Gasteiger partial charge in [-0.3, -0.25) is 15.1 Å². The van der Waals surface area contributed by atoms with Crippen molar-refractivity contribution in [2.75, 3.05) is 10.7 Å². The number of anilines is 1. The molecule has 1 fully saturated rings. The number of hydrogen-bond donors (Lipinski definition) is 1. The average molecular weight is 246 g/mol. The molecule has 0 spiro atoms. The second-order valence-corrected chi connectivity index (χ2v) is 4.78. The van der Waals surface area contributed by atoms with E-state index in [1.165, 1.54) is 11.8 Å². The number of benzene rings is 1. The van der Waals surface area contributed by atoms with Crippen molar-refractivity contribution < 1.29 is 4.79 Å². The Balaban J connectivity index is 2.26. The summed E-state index contributed by atoms with van der Waals surface area (Å²) in [6, 6.07) is 7.36. The van der Waals surface area contributed by atoms with Crippen LogP contribution in [-0.4, -0.2) is 16.7 Å². The molecule has 0 radical (unpaired) electrons. The lowest BCUT2D eigenvalue weighted by Crippen LogP contribution is -2.20. The maximum Gasteiger partial charge on any atom is 0.165 e. The maximum atomic E-state index is 11.5. The third kappa shape index (κ3) is 2.26. The SMILES string of the molecule is C=C1CSC(=N)N1c1ccc(C(=O)CC)cc1. The molecule has 1 aliphatic heterocycles. The molecule has 1 N–H and O–H groups in total. The van der Waals surface area contributed by atoms with E-state index in [-0.39, 0.29) is 5.78 Å². The highest BCUT2D eigenvalue weighted by Crippen LogP contribution is 2.30. The van der Waals surface area contributed by atoms with Gasteiger partial charge >= 0.3 is 0 Å². The first-order chi connectivity index (χ1) is 8.13. The third-order valence-electron chi connectivity index (χ3n) is 2.66. The van der Waals surface area contributed by atoms with E-state index >= 15 is 0 Å². The summed E-state index contributed by atoms with van der Waals surface area (Å²) in [4.78, 5) is 13.3. The maximum absolute atomic E-state index is 11.5. The summed E-state index contributed by atoms with van der Waals surface area (Å²) >= 11 is 1.47. The normalized spacial score (nSPS) is 15.5. The molecule has 3 nitrogen and oxygen atoms in total. The van der Waals surface area contributed by atoms with Crippen LogP contribution in [-0.2, 0) is 0 Å². The number of Topliss-reactive ketones (excluding diaryl/α,β-unsaturated/α-hetero) is 1. The molecule has 0 aliphatic carbocycles. The lowest BCUT2D eigenvalue weighted by atomic mass is 10.1. The predicted octanol–water partition coefficient (Wildman–Crippen LogP) is 3.28. The number of rotatable bonds is 3. The number of amidine groups is 1. The Morgan fingerprint density at radius 2 is 2.12 bits per heavy atom. The summed E-state index contributed by atoms with van der Waals surface area (Å²) in [5, 5.41) is 8.30. The highest BCUT2D eigenvalue weighted by molar-refractivity contribution is 8.14. The first-order valence-electron chi connectivity index (χ1n) is 5.46. The Morgan fingerprint density at radius 1 is 1.47 bits per heavy atom. The van der Waals surface area contributed by atoms with Crippen molar-refractivity contribution in [2.45, 2.75) is 13.3 Å². The molecule has 1 saturated heterocycles. The van der Waals surface area contributed by atoms with E-state index < -0.39 is 0 Å². The molecule has 1 aliphatic rings. The van der Waals surface area contributed by atoms with Crippen LogP contribution in [0.3, 0.4) is 0 Å². The van der Waals surface area contributed by atoms with Gasteiger partial charge in [0.2, 0.25) is 0 Å². The Bertz CT molecular complexity index is 463. The summed E-state index contributed by atoms with van der Waals surface area (Å²) in [5.41, 5.74) is 2.53. The standard InChI is InChI=1S/C13H14N2OS/c1-3-12(16)10-4-6-11(7-5-10)15-9(2)8-17-13(15)14/h4-7,14H,2-3,8H2,1H3. The summed E-state index contributed by atoms with van der Waals surface area (Å²) in [5.74, 6) is 0.898. The van der Waals surface area contributed by atoms with Gasteiger partial charge in [-0.05, 0) is 24.3 Å². The molecule has 1 aromatic rings. The minimum Gasteiger partial charge on any atom is -0.294 e. The van der Waals surface area contributed by atoms with Gasteiger partial charge in [-0.1, -0.05) is 25.3 Å². The first kappa shape index (κ1) is 11.9.